The van der Waals surface area contributed by atoms with Crippen molar-refractivity contribution in [2.24, 2.45) is 5.73 Å². The van der Waals surface area contributed by atoms with E-state index in [1.807, 2.05) is 16.7 Å². The standard InChI is InChI=1S/C8H9BrN4/c9-8-11-4-2-7-12-5-6(1-3-10)13(7)8/h2,4-5H,1,3,10H2. The molecule has 2 aromatic heterocycles. The van der Waals surface area contributed by atoms with Crippen LogP contribution in [-0.4, -0.2) is 20.9 Å². The second-order valence-corrected chi connectivity index (χ2v) is 3.40. The molecule has 0 aromatic carbocycles. The Balaban J connectivity index is 2.64. The predicted molar refractivity (Wildman–Crippen MR) is 53.4 cm³/mol. The van der Waals surface area contributed by atoms with Gasteiger partial charge in [0, 0.05) is 24.5 Å². The van der Waals surface area contributed by atoms with E-state index in [-0.39, 0.29) is 0 Å². The van der Waals surface area contributed by atoms with E-state index in [1.165, 1.54) is 0 Å². The first kappa shape index (κ1) is 8.65. The van der Waals surface area contributed by atoms with Crippen LogP contribution in [0.25, 0.3) is 5.65 Å². The number of nitrogens with two attached hydrogens (primary N) is 1. The van der Waals surface area contributed by atoms with E-state index in [9.17, 15) is 0 Å². The highest BCUT2D eigenvalue weighted by molar-refractivity contribution is 9.10. The minimum absolute atomic E-state index is 0.620. The van der Waals surface area contributed by atoms with Gasteiger partial charge >= 0.3 is 0 Å². The van der Waals surface area contributed by atoms with Gasteiger partial charge in [0.15, 0.2) is 4.73 Å². The van der Waals surface area contributed by atoms with E-state index in [0.29, 0.717) is 6.54 Å². The molecule has 0 bridgehead atoms. The van der Waals surface area contributed by atoms with Crippen molar-refractivity contribution in [2.75, 3.05) is 6.54 Å². The molecule has 0 unspecified atom stereocenters. The molecule has 0 atom stereocenters. The molecule has 0 aliphatic heterocycles. The van der Waals surface area contributed by atoms with Crippen molar-refractivity contribution >= 4 is 21.6 Å². The zero-order valence-electron chi connectivity index (χ0n) is 6.94. The Morgan fingerprint density at radius 3 is 3.08 bits per heavy atom. The van der Waals surface area contributed by atoms with Gasteiger partial charge in [-0.1, -0.05) is 0 Å². The van der Waals surface area contributed by atoms with E-state index in [0.717, 1.165) is 22.5 Å². The lowest BCUT2D eigenvalue weighted by atomic mass is 10.3. The van der Waals surface area contributed by atoms with Gasteiger partial charge in [-0.05, 0) is 28.5 Å². The summed E-state index contributed by atoms with van der Waals surface area (Å²) in [6.45, 7) is 0.620. The molecule has 2 aromatic rings. The van der Waals surface area contributed by atoms with Crippen molar-refractivity contribution in [3.63, 3.8) is 0 Å². The van der Waals surface area contributed by atoms with Crippen LogP contribution in [0.1, 0.15) is 5.69 Å². The van der Waals surface area contributed by atoms with Crippen LogP contribution < -0.4 is 5.73 Å². The first-order valence-electron chi connectivity index (χ1n) is 4.00. The van der Waals surface area contributed by atoms with Gasteiger partial charge in [0.2, 0.25) is 0 Å². The molecule has 0 saturated carbocycles. The number of hydrogen-bond donors (Lipinski definition) is 1. The van der Waals surface area contributed by atoms with Gasteiger partial charge in [-0.2, -0.15) is 0 Å². The average Bonchev–Trinajstić information content (AvgIpc) is 2.51. The Hall–Kier alpha value is -0.940. The maximum Gasteiger partial charge on any atom is 0.183 e. The molecule has 0 aliphatic rings. The maximum absolute atomic E-state index is 5.48. The third-order valence-electron chi connectivity index (χ3n) is 1.85. The smallest absolute Gasteiger partial charge is 0.183 e. The van der Waals surface area contributed by atoms with Gasteiger partial charge in [0.25, 0.3) is 0 Å². The Morgan fingerprint density at radius 2 is 2.31 bits per heavy atom. The fraction of sp³-hybridized carbons (Fsp3) is 0.250. The number of fused-ring (bicyclic) bond motifs is 1. The summed E-state index contributed by atoms with van der Waals surface area (Å²) in [7, 11) is 0. The molecule has 68 valence electrons. The summed E-state index contributed by atoms with van der Waals surface area (Å²) in [6.07, 6.45) is 4.36. The lowest BCUT2D eigenvalue weighted by molar-refractivity contribution is 0.878. The number of imidazole rings is 1. The van der Waals surface area contributed by atoms with Gasteiger partial charge in [-0.3, -0.25) is 4.40 Å². The molecular weight excluding hydrogens is 232 g/mol. The minimum Gasteiger partial charge on any atom is -0.330 e. The highest BCUT2D eigenvalue weighted by Crippen LogP contribution is 2.13. The predicted octanol–water partition coefficient (Wildman–Crippen LogP) is 0.993. The van der Waals surface area contributed by atoms with Crippen LogP contribution in [0.5, 0.6) is 0 Å². The van der Waals surface area contributed by atoms with E-state index in [1.54, 1.807) is 6.20 Å². The Kier molecular flexibility index (Phi) is 2.28. The van der Waals surface area contributed by atoms with Gasteiger partial charge in [-0.15, -0.1) is 0 Å². The summed E-state index contributed by atoms with van der Waals surface area (Å²) in [5.74, 6) is 0. The van der Waals surface area contributed by atoms with Crippen molar-refractivity contribution in [1.29, 1.82) is 0 Å². The zero-order valence-corrected chi connectivity index (χ0v) is 8.53. The molecule has 2 rings (SSSR count). The number of hydrogen-bond acceptors (Lipinski definition) is 3. The van der Waals surface area contributed by atoms with Crippen LogP contribution in [0.15, 0.2) is 23.2 Å². The van der Waals surface area contributed by atoms with Gasteiger partial charge in [0.05, 0.1) is 0 Å². The van der Waals surface area contributed by atoms with Crippen LogP contribution in [0.2, 0.25) is 0 Å². The lowest BCUT2D eigenvalue weighted by Gasteiger charge is -2.00. The van der Waals surface area contributed by atoms with Crippen molar-refractivity contribution in [1.82, 2.24) is 14.4 Å². The summed E-state index contributed by atoms with van der Waals surface area (Å²) >= 11 is 3.37. The van der Waals surface area contributed by atoms with Crippen molar-refractivity contribution in [3.8, 4) is 0 Å². The normalized spacial score (nSPS) is 10.9. The number of nitrogens with zero attached hydrogens (tertiary/aromatic N) is 3. The summed E-state index contributed by atoms with van der Waals surface area (Å²) in [5.41, 5.74) is 7.46. The molecule has 0 radical (unpaired) electrons. The summed E-state index contributed by atoms with van der Waals surface area (Å²) in [6, 6.07) is 1.87. The van der Waals surface area contributed by atoms with Crippen LogP contribution in [0, 0.1) is 0 Å². The molecule has 5 heteroatoms. The number of rotatable bonds is 2. The monoisotopic (exact) mass is 240 g/mol. The molecular formula is C8H9BrN4. The van der Waals surface area contributed by atoms with E-state index in [4.69, 9.17) is 5.73 Å². The third kappa shape index (κ3) is 1.45. The molecule has 0 fully saturated rings. The summed E-state index contributed by atoms with van der Waals surface area (Å²) in [5, 5.41) is 0. The molecule has 0 aliphatic carbocycles. The summed E-state index contributed by atoms with van der Waals surface area (Å²) < 4.78 is 2.72. The van der Waals surface area contributed by atoms with E-state index >= 15 is 0 Å². The second-order valence-electron chi connectivity index (χ2n) is 2.70. The topological polar surface area (TPSA) is 56.2 Å². The first-order chi connectivity index (χ1) is 6.33. The molecule has 2 heterocycles. The third-order valence-corrected chi connectivity index (χ3v) is 2.41. The highest BCUT2D eigenvalue weighted by atomic mass is 79.9. The van der Waals surface area contributed by atoms with E-state index < -0.39 is 0 Å². The largest absolute Gasteiger partial charge is 0.330 e. The number of halogens is 1. The lowest BCUT2D eigenvalue weighted by Crippen LogP contribution is -2.05. The first-order valence-corrected chi connectivity index (χ1v) is 4.79. The quantitative estimate of drug-likeness (QED) is 0.798. The van der Waals surface area contributed by atoms with Crippen molar-refractivity contribution in [3.05, 3.63) is 28.9 Å². The van der Waals surface area contributed by atoms with Gasteiger partial charge < -0.3 is 5.73 Å². The fourth-order valence-electron chi connectivity index (χ4n) is 1.28. The average molecular weight is 241 g/mol. The van der Waals surface area contributed by atoms with Crippen LogP contribution >= 0.6 is 15.9 Å². The molecule has 4 nitrogen and oxygen atoms in total. The highest BCUT2D eigenvalue weighted by Gasteiger charge is 2.04. The van der Waals surface area contributed by atoms with E-state index in [2.05, 4.69) is 25.9 Å². The molecule has 0 spiro atoms. The molecule has 13 heavy (non-hydrogen) atoms. The Labute approximate surface area is 83.9 Å². The maximum atomic E-state index is 5.48. The zero-order chi connectivity index (χ0) is 9.26. The van der Waals surface area contributed by atoms with Crippen molar-refractivity contribution < 1.29 is 0 Å². The van der Waals surface area contributed by atoms with Gasteiger partial charge in [-0.25, -0.2) is 9.97 Å². The minimum atomic E-state index is 0.620. The molecule has 0 amide bonds. The Morgan fingerprint density at radius 1 is 1.46 bits per heavy atom. The fourth-order valence-corrected chi connectivity index (χ4v) is 1.81. The molecule has 2 N–H and O–H groups in total. The Bertz CT molecular complexity index is 423. The second kappa shape index (κ2) is 3.43. The van der Waals surface area contributed by atoms with Crippen LogP contribution in [0.3, 0.4) is 0 Å². The summed E-state index contributed by atoms with van der Waals surface area (Å²) in [4.78, 5) is 8.36. The van der Waals surface area contributed by atoms with Crippen LogP contribution in [0.4, 0.5) is 0 Å². The van der Waals surface area contributed by atoms with Crippen molar-refractivity contribution in [2.45, 2.75) is 6.42 Å². The number of aromatic nitrogens is 3. The molecule has 0 saturated heterocycles. The van der Waals surface area contributed by atoms with Gasteiger partial charge in [0.1, 0.15) is 5.65 Å². The van der Waals surface area contributed by atoms with Crippen LogP contribution in [-0.2, 0) is 6.42 Å². The SMILES string of the molecule is NCCc1cnc2ccnc(Br)n12.